The molecule has 0 aliphatic rings. The highest BCUT2D eigenvalue weighted by atomic mass is 16.5. The third-order valence-corrected chi connectivity index (χ3v) is 9.23. The molecule has 0 radical (unpaired) electrons. The van der Waals surface area contributed by atoms with Gasteiger partial charge in [0.1, 0.15) is 6.10 Å². The molecule has 0 saturated carbocycles. The second kappa shape index (κ2) is 42.7. The van der Waals surface area contributed by atoms with E-state index in [0.717, 1.165) is 70.6 Å². The third-order valence-electron chi connectivity index (χ3n) is 9.23. The first-order valence-corrected chi connectivity index (χ1v) is 22.2. The molecule has 0 aliphatic carbocycles. The van der Waals surface area contributed by atoms with Crippen LogP contribution in [0, 0.1) is 0 Å². The Morgan fingerprint density at radius 1 is 0.554 bits per heavy atom. The van der Waals surface area contributed by atoms with E-state index in [9.17, 15) is 19.8 Å². The van der Waals surface area contributed by atoms with E-state index in [1.807, 2.05) is 54.7 Å². The molecule has 0 spiro atoms. The van der Waals surface area contributed by atoms with E-state index in [2.05, 4.69) is 80.8 Å². The van der Waals surface area contributed by atoms with Crippen LogP contribution in [0.4, 0.5) is 0 Å². The number of hydrogen-bond donors (Lipinski definition) is 3. The maximum absolute atomic E-state index is 13.1. The van der Waals surface area contributed by atoms with Gasteiger partial charge in [0.25, 0.3) is 0 Å². The molecule has 6 heteroatoms. The van der Waals surface area contributed by atoms with E-state index in [-0.39, 0.29) is 31.3 Å². The second-order valence-corrected chi connectivity index (χ2v) is 14.5. The van der Waals surface area contributed by atoms with Crippen molar-refractivity contribution in [1.82, 2.24) is 5.32 Å². The van der Waals surface area contributed by atoms with Crippen LogP contribution in [-0.2, 0) is 14.3 Å². The number of hydrogen-bond acceptors (Lipinski definition) is 5. The molecule has 0 fully saturated rings. The molecule has 56 heavy (non-hydrogen) atoms. The molecule has 0 aromatic carbocycles. The summed E-state index contributed by atoms with van der Waals surface area (Å²) in [5.74, 6) is -0.633. The highest BCUT2D eigenvalue weighted by Crippen LogP contribution is 2.15. The van der Waals surface area contributed by atoms with Crippen molar-refractivity contribution in [3.05, 3.63) is 109 Å². The van der Waals surface area contributed by atoms with Crippen LogP contribution in [-0.4, -0.2) is 46.9 Å². The molecule has 0 aromatic heterocycles. The zero-order chi connectivity index (χ0) is 41.0. The van der Waals surface area contributed by atoms with E-state index in [4.69, 9.17) is 4.74 Å². The Bertz CT molecular complexity index is 1190. The summed E-state index contributed by atoms with van der Waals surface area (Å²) >= 11 is 0. The summed E-state index contributed by atoms with van der Waals surface area (Å²) in [4.78, 5) is 25.9. The van der Waals surface area contributed by atoms with Crippen molar-refractivity contribution >= 4 is 11.9 Å². The highest BCUT2D eigenvalue weighted by molar-refractivity contribution is 5.77. The summed E-state index contributed by atoms with van der Waals surface area (Å²) in [6.07, 6.45) is 57.3. The summed E-state index contributed by atoms with van der Waals surface area (Å²) in [5.41, 5.74) is 0. The molecule has 0 heterocycles. The molecule has 1 amide bonds. The number of allylic oxidation sites excluding steroid dienone is 18. The minimum Gasteiger partial charge on any atom is -0.462 e. The normalized spacial score (nSPS) is 14.4. The second-order valence-electron chi connectivity index (χ2n) is 14.5. The summed E-state index contributed by atoms with van der Waals surface area (Å²) in [6, 6.07) is -0.738. The minimum absolute atomic E-state index is 0.00369. The van der Waals surface area contributed by atoms with Gasteiger partial charge in [-0.15, -0.1) is 0 Å². The number of unbranched alkanes of at least 4 members (excludes halogenated alkanes) is 11. The predicted molar refractivity (Wildman–Crippen MR) is 240 cm³/mol. The lowest BCUT2D eigenvalue weighted by Crippen LogP contribution is -2.46. The molecule has 0 saturated heterocycles. The van der Waals surface area contributed by atoms with Gasteiger partial charge in [-0.2, -0.15) is 0 Å². The molecular weight excluding hydrogens is 695 g/mol. The summed E-state index contributed by atoms with van der Waals surface area (Å²) in [7, 11) is 0. The van der Waals surface area contributed by atoms with E-state index in [1.165, 1.54) is 44.9 Å². The molecule has 0 bridgehead atoms. The maximum atomic E-state index is 13.1. The first-order chi connectivity index (χ1) is 27.5. The lowest BCUT2D eigenvalue weighted by Gasteiger charge is -2.24. The molecule has 0 aromatic rings. The third kappa shape index (κ3) is 37.4. The number of rotatable bonds is 37. The van der Waals surface area contributed by atoms with Crippen LogP contribution >= 0.6 is 0 Å². The number of nitrogens with one attached hydrogen (secondary N) is 1. The predicted octanol–water partition coefficient (Wildman–Crippen LogP) is 12.8. The van der Waals surface area contributed by atoms with Crippen LogP contribution < -0.4 is 5.32 Å². The number of ether oxygens (including phenoxy) is 1. The molecule has 3 atom stereocenters. The number of amides is 1. The Kier molecular flexibility index (Phi) is 40.0. The van der Waals surface area contributed by atoms with Gasteiger partial charge in [0, 0.05) is 6.42 Å². The smallest absolute Gasteiger partial charge is 0.306 e. The van der Waals surface area contributed by atoms with Gasteiger partial charge in [-0.05, 0) is 70.6 Å². The summed E-state index contributed by atoms with van der Waals surface area (Å²) in [6.45, 7) is 6.14. The average Bonchev–Trinajstić information content (AvgIpc) is 3.19. The minimum atomic E-state index is -0.819. The van der Waals surface area contributed by atoms with E-state index < -0.39 is 18.2 Å². The lowest BCUT2D eigenvalue weighted by molar-refractivity contribution is -0.151. The van der Waals surface area contributed by atoms with E-state index >= 15 is 0 Å². The Labute approximate surface area is 343 Å². The number of aliphatic hydroxyl groups is 2. The van der Waals surface area contributed by atoms with Crippen molar-refractivity contribution in [1.29, 1.82) is 0 Å². The summed E-state index contributed by atoms with van der Waals surface area (Å²) in [5, 5.41) is 23.6. The molecule has 0 aliphatic heterocycles. The first-order valence-electron chi connectivity index (χ1n) is 22.2. The van der Waals surface area contributed by atoms with Crippen molar-refractivity contribution in [2.45, 2.75) is 187 Å². The topological polar surface area (TPSA) is 95.9 Å². The number of carbonyl (C=O) groups excluding carboxylic acids is 2. The number of esters is 1. The highest BCUT2D eigenvalue weighted by Gasteiger charge is 2.23. The maximum Gasteiger partial charge on any atom is 0.306 e. The largest absolute Gasteiger partial charge is 0.462 e. The Hall–Kier alpha value is -3.48. The van der Waals surface area contributed by atoms with Gasteiger partial charge in [0.2, 0.25) is 5.91 Å². The van der Waals surface area contributed by atoms with Crippen LogP contribution in [0.1, 0.15) is 168 Å². The summed E-state index contributed by atoms with van der Waals surface area (Å²) < 4.78 is 5.83. The molecule has 3 unspecified atom stereocenters. The molecular formula is C50H81NO5. The number of carbonyl (C=O) groups is 2. The monoisotopic (exact) mass is 776 g/mol. The van der Waals surface area contributed by atoms with Crippen LogP contribution in [0.5, 0.6) is 0 Å². The van der Waals surface area contributed by atoms with Gasteiger partial charge in [0.05, 0.1) is 25.2 Å². The molecule has 6 nitrogen and oxygen atoms in total. The van der Waals surface area contributed by atoms with Crippen LogP contribution in [0.3, 0.4) is 0 Å². The van der Waals surface area contributed by atoms with Gasteiger partial charge in [0.15, 0.2) is 0 Å². The van der Waals surface area contributed by atoms with Crippen molar-refractivity contribution in [2.24, 2.45) is 0 Å². The van der Waals surface area contributed by atoms with Crippen molar-refractivity contribution in [3.63, 3.8) is 0 Å². The quantitative estimate of drug-likeness (QED) is 0.0253. The first kappa shape index (κ1) is 52.5. The van der Waals surface area contributed by atoms with Crippen molar-refractivity contribution in [3.8, 4) is 0 Å². The zero-order valence-corrected chi connectivity index (χ0v) is 35.7. The van der Waals surface area contributed by atoms with Gasteiger partial charge in [-0.1, -0.05) is 194 Å². The van der Waals surface area contributed by atoms with Gasteiger partial charge in [-0.3, -0.25) is 9.59 Å². The molecule has 0 rings (SSSR count). The SMILES string of the molecule is CC/C=C/C=C/C=C\C=C/C=C/CCCC(=O)OC(CCC/C=C/C/C=C/C/C=C/C/C=C/CC)CC(=O)NC(CO)C(O)CCCCCCCCCCCC. The number of aliphatic hydroxyl groups excluding tert-OH is 2. The fourth-order valence-corrected chi connectivity index (χ4v) is 5.93. The van der Waals surface area contributed by atoms with Crippen LogP contribution in [0.15, 0.2) is 109 Å². The molecule has 3 N–H and O–H groups in total. The van der Waals surface area contributed by atoms with Gasteiger partial charge >= 0.3 is 5.97 Å². The standard InChI is InChI=1S/C50H81NO5/c1-4-7-10-13-16-19-22-24-26-27-29-32-35-38-41-46(56-50(55)43-40-37-34-31-28-25-23-20-17-14-11-8-5-2)44-49(54)51-47(45-52)48(53)42-39-36-33-30-21-18-15-12-9-6-3/h7-8,10-11,14,16-17,19-20,23-26,28-29,31-32,34,46-48,52-53H,4-6,9,12-13,15,18,21-22,27,30,33,35-45H2,1-3H3,(H,51,54)/b10-7+,11-8+,17-14+,19-16+,23-20-,26-24+,28-25-,32-29+,34-31+. The van der Waals surface area contributed by atoms with E-state index in [1.54, 1.807) is 0 Å². The van der Waals surface area contributed by atoms with Crippen molar-refractivity contribution < 1.29 is 24.5 Å². The van der Waals surface area contributed by atoms with E-state index in [0.29, 0.717) is 19.3 Å². The van der Waals surface area contributed by atoms with Crippen LogP contribution in [0.2, 0.25) is 0 Å². The zero-order valence-electron chi connectivity index (χ0n) is 35.7. The Morgan fingerprint density at radius 2 is 1.05 bits per heavy atom. The fraction of sp³-hybridized carbons (Fsp3) is 0.600. The van der Waals surface area contributed by atoms with Gasteiger partial charge < -0.3 is 20.3 Å². The van der Waals surface area contributed by atoms with Crippen LogP contribution in [0.25, 0.3) is 0 Å². The Morgan fingerprint density at radius 3 is 1.62 bits per heavy atom. The lowest BCUT2D eigenvalue weighted by atomic mass is 10.0. The Balaban J connectivity index is 4.87. The van der Waals surface area contributed by atoms with Gasteiger partial charge in [-0.25, -0.2) is 0 Å². The average molecular weight is 776 g/mol. The van der Waals surface area contributed by atoms with Crippen molar-refractivity contribution in [2.75, 3.05) is 6.61 Å². The molecule has 316 valence electrons. The fourth-order valence-electron chi connectivity index (χ4n) is 5.93.